The number of nitrogens with one attached hydrogen (secondary N) is 2. The topological polar surface area (TPSA) is 24.1 Å². The first-order chi connectivity index (χ1) is 5.86. The van der Waals surface area contributed by atoms with Crippen LogP contribution >= 0.6 is 0 Å². The van der Waals surface area contributed by atoms with Gasteiger partial charge in [-0.15, -0.1) is 0 Å². The maximum Gasteiger partial charge on any atom is 0.0357 e. The van der Waals surface area contributed by atoms with E-state index in [2.05, 4.69) is 29.7 Å². The Morgan fingerprint density at radius 3 is 3.08 bits per heavy atom. The lowest BCUT2D eigenvalue weighted by Gasteiger charge is -2.16. The minimum Gasteiger partial charge on any atom is -0.381 e. The molecule has 1 atom stereocenters. The third kappa shape index (κ3) is 1.53. The predicted octanol–water partition coefficient (Wildman–Crippen LogP) is 1.17. The molecule has 2 heteroatoms. The van der Waals surface area contributed by atoms with Gasteiger partial charge in [0.2, 0.25) is 0 Å². The first kappa shape index (κ1) is 7.87. The molecule has 1 saturated heterocycles. The SMILES string of the molecule is CC1CNCC2=CCCC=C2N1. The van der Waals surface area contributed by atoms with Crippen molar-refractivity contribution in [2.24, 2.45) is 0 Å². The Hall–Kier alpha value is -0.760. The highest BCUT2D eigenvalue weighted by Crippen LogP contribution is 2.17. The normalized spacial score (nSPS) is 29.2. The molecule has 1 aliphatic heterocycles. The van der Waals surface area contributed by atoms with Gasteiger partial charge in [0, 0.05) is 24.8 Å². The van der Waals surface area contributed by atoms with Crippen LogP contribution in [-0.2, 0) is 0 Å². The Kier molecular flexibility index (Phi) is 2.17. The van der Waals surface area contributed by atoms with Crippen molar-refractivity contribution in [3.05, 3.63) is 23.4 Å². The summed E-state index contributed by atoms with van der Waals surface area (Å²) in [5, 5.41) is 6.94. The van der Waals surface area contributed by atoms with Crippen LogP contribution in [0.1, 0.15) is 19.8 Å². The van der Waals surface area contributed by atoms with E-state index in [4.69, 9.17) is 0 Å². The number of fused-ring (bicyclic) bond motifs is 1. The summed E-state index contributed by atoms with van der Waals surface area (Å²) >= 11 is 0. The quantitative estimate of drug-likeness (QED) is 0.561. The van der Waals surface area contributed by atoms with Crippen LogP contribution in [0.3, 0.4) is 0 Å². The highest BCUT2D eigenvalue weighted by Gasteiger charge is 2.14. The largest absolute Gasteiger partial charge is 0.381 e. The molecule has 0 radical (unpaired) electrons. The molecular weight excluding hydrogens is 148 g/mol. The molecule has 0 aromatic carbocycles. The fourth-order valence-corrected chi connectivity index (χ4v) is 1.79. The zero-order valence-corrected chi connectivity index (χ0v) is 7.56. The third-order valence-corrected chi connectivity index (χ3v) is 2.42. The van der Waals surface area contributed by atoms with Gasteiger partial charge in [0.15, 0.2) is 0 Å². The molecule has 0 amide bonds. The minimum absolute atomic E-state index is 0.556. The Bertz CT molecular complexity index is 228. The van der Waals surface area contributed by atoms with Crippen LogP contribution in [0.2, 0.25) is 0 Å². The highest BCUT2D eigenvalue weighted by atomic mass is 15.0. The molecule has 0 bridgehead atoms. The van der Waals surface area contributed by atoms with Gasteiger partial charge < -0.3 is 10.6 Å². The summed E-state index contributed by atoms with van der Waals surface area (Å²) in [6, 6.07) is 0.556. The van der Waals surface area contributed by atoms with E-state index < -0.39 is 0 Å². The summed E-state index contributed by atoms with van der Waals surface area (Å²) in [5.41, 5.74) is 2.81. The molecule has 66 valence electrons. The summed E-state index contributed by atoms with van der Waals surface area (Å²) in [7, 11) is 0. The third-order valence-electron chi connectivity index (χ3n) is 2.42. The van der Waals surface area contributed by atoms with E-state index in [1.165, 1.54) is 24.1 Å². The van der Waals surface area contributed by atoms with Gasteiger partial charge in [-0.05, 0) is 25.3 Å². The molecule has 1 aliphatic carbocycles. The number of hydrogen-bond donors (Lipinski definition) is 2. The predicted molar refractivity (Wildman–Crippen MR) is 50.9 cm³/mol. The Morgan fingerprint density at radius 1 is 1.33 bits per heavy atom. The van der Waals surface area contributed by atoms with Gasteiger partial charge in [-0.3, -0.25) is 0 Å². The van der Waals surface area contributed by atoms with Crippen molar-refractivity contribution in [3.63, 3.8) is 0 Å². The Balaban J connectivity index is 2.17. The van der Waals surface area contributed by atoms with E-state index in [0.717, 1.165) is 13.1 Å². The van der Waals surface area contributed by atoms with Gasteiger partial charge in [0.25, 0.3) is 0 Å². The van der Waals surface area contributed by atoms with E-state index >= 15 is 0 Å². The molecule has 1 fully saturated rings. The Morgan fingerprint density at radius 2 is 2.17 bits per heavy atom. The average Bonchev–Trinajstić information content (AvgIpc) is 2.25. The van der Waals surface area contributed by atoms with Gasteiger partial charge in [-0.2, -0.15) is 0 Å². The van der Waals surface area contributed by atoms with Crippen molar-refractivity contribution in [2.45, 2.75) is 25.8 Å². The molecule has 2 N–H and O–H groups in total. The van der Waals surface area contributed by atoms with Crippen molar-refractivity contribution >= 4 is 0 Å². The van der Waals surface area contributed by atoms with Crippen molar-refractivity contribution in [1.29, 1.82) is 0 Å². The molecule has 12 heavy (non-hydrogen) atoms. The lowest BCUT2D eigenvalue weighted by atomic mass is 10.0. The fourth-order valence-electron chi connectivity index (χ4n) is 1.79. The standard InChI is InChI=1S/C10H16N2/c1-8-6-11-7-9-4-2-3-5-10(9)12-8/h4-5,8,11-12H,2-3,6-7H2,1H3. The number of rotatable bonds is 0. The van der Waals surface area contributed by atoms with Crippen LogP contribution in [0.25, 0.3) is 0 Å². The van der Waals surface area contributed by atoms with Crippen molar-refractivity contribution < 1.29 is 0 Å². The first-order valence-corrected chi connectivity index (χ1v) is 4.73. The van der Waals surface area contributed by atoms with Crippen LogP contribution in [0.5, 0.6) is 0 Å². The van der Waals surface area contributed by atoms with Gasteiger partial charge in [-0.1, -0.05) is 12.2 Å². The van der Waals surface area contributed by atoms with E-state index in [9.17, 15) is 0 Å². The highest BCUT2D eigenvalue weighted by molar-refractivity contribution is 5.34. The molecule has 0 aromatic rings. The second-order valence-electron chi connectivity index (χ2n) is 3.60. The van der Waals surface area contributed by atoms with Crippen LogP contribution in [0.15, 0.2) is 23.4 Å². The van der Waals surface area contributed by atoms with Gasteiger partial charge in [-0.25, -0.2) is 0 Å². The lowest BCUT2D eigenvalue weighted by molar-refractivity contribution is 0.593. The van der Waals surface area contributed by atoms with Gasteiger partial charge in [0.05, 0.1) is 0 Å². The maximum absolute atomic E-state index is 3.51. The molecule has 1 heterocycles. The molecule has 1 unspecified atom stereocenters. The summed E-state index contributed by atoms with van der Waals surface area (Å²) in [4.78, 5) is 0. The minimum atomic E-state index is 0.556. The van der Waals surface area contributed by atoms with Crippen molar-refractivity contribution in [2.75, 3.05) is 13.1 Å². The molecular formula is C10H16N2. The molecule has 0 aromatic heterocycles. The zero-order chi connectivity index (χ0) is 8.39. The first-order valence-electron chi connectivity index (χ1n) is 4.73. The van der Waals surface area contributed by atoms with Gasteiger partial charge >= 0.3 is 0 Å². The van der Waals surface area contributed by atoms with E-state index in [1.807, 2.05) is 0 Å². The van der Waals surface area contributed by atoms with E-state index in [0.29, 0.717) is 6.04 Å². The zero-order valence-electron chi connectivity index (χ0n) is 7.56. The molecule has 0 spiro atoms. The van der Waals surface area contributed by atoms with E-state index in [1.54, 1.807) is 0 Å². The second kappa shape index (κ2) is 3.31. The van der Waals surface area contributed by atoms with Crippen molar-refractivity contribution in [1.82, 2.24) is 10.6 Å². The lowest BCUT2D eigenvalue weighted by Crippen LogP contribution is -2.31. The second-order valence-corrected chi connectivity index (χ2v) is 3.60. The summed E-state index contributed by atoms with van der Waals surface area (Å²) < 4.78 is 0. The summed E-state index contributed by atoms with van der Waals surface area (Å²) in [6.07, 6.45) is 7.06. The van der Waals surface area contributed by atoms with Crippen LogP contribution in [0.4, 0.5) is 0 Å². The summed E-state index contributed by atoms with van der Waals surface area (Å²) in [5.74, 6) is 0. The van der Waals surface area contributed by atoms with Crippen LogP contribution < -0.4 is 10.6 Å². The summed E-state index contributed by atoms with van der Waals surface area (Å²) in [6.45, 7) is 4.31. The molecule has 2 nitrogen and oxygen atoms in total. The van der Waals surface area contributed by atoms with Crippen LogP contribution in [0, 0.1) is 0 Å². The average molecular weight is 164 g/mol. The smallest absolute Gasteiger partial charge is 0.0357 e. The van der Waals surface area contributed by atoms with E-state index in [-0.39, 0.29) is 0 Å². The van der Waals surface area contributed by atoms with Crippen LogP contribution in [-0.4, -0.2) is 19.1 Å². The van der Waals surface area contributed by atoms with Gasteiger partial charge in [0.1, 0.15) is 0 Å². The molecule has 0 saturated carbocycles. The molecule has 2 aliphatic rings. The maximum atomic E-state index is 3.51. The molecule has 2 rings (SSSR count). The monoisotopic (exact) mass is 164 g/mol. The fraction of sp³-hybridized carbons (Fsp3) is 0.600. The number of hydrogen-bond acceptors (Lipinski definition) is 2. The number of allylic oxidation sites excluding steroid dienone is 2. The van der Waals surface area contributed by atoms with Crippen molar-refractivity contribution in [3.8, 4) is 0 Å². The Labute approximate surface area is 73.7 Å².